The van der Waals surface area contributed by atoms with E-state index in [0.29, 0.717) is 35.3 Å². The third-order valence-electron chi connectivity index (χ3n) is 5.78. The molecule has 0 unspecified atom stereocenters. The highest BCUT2D eigenvalue weighted by Crippen LogP contribution is 2.37. The minimum absolute atomic E-state index is 0.245. The molecule has 0 fully saturated rings. The molecule has 196 valence electrons. The van der Waals surface area contributed by atoms with Gasteiger partial charge in [-0.1, -0.05) is 37.6 Å². The van der Waals surface area contributed by atoms with E-state index < -0.39 is 5.97 Å². The van der Waals surface area contributed by atoms with Crippen molar-refractivity contribution in [1.29, 1.82) is 0 Å². The Bertz CT molecular complexity index is 1260. The molecule has 3 aromatic rings. The molecular weight excluding hydrogens is 486 g/mol. The van der Waals surface area contributed by atoms with Crippen molar-refractivity contribution in [1.82, 2.24) is 0 Å². The second-order valence-corrected chi connectivity index (χ2v) is 9.42. The van der Waals surface area contributed by atoms with Crippen LogP contribution in [0.2, 0.25) is 0 Å². The van der Waals surface area contributed by atoms with Crippen molar-refractivity contribution < 1.29 is 23.8 Å². The zero-order valence-corrected chi connectivity index (χ0v) is 23.0. The highest BCUT2D eigenvalue weighted by Gasteiger charge is 2.22. The van der Waals surface area contributed by atoms with Gasteiger partial charge in [0, 0.05) is 17.0 Å². The first-order valence-electron chi connectivity index (χ1n) is 12.6. The Labute approximate surface area is 223 Å². The molecule has 6 nitrogen and oxygen atoms in total. The minimum atomic E-state index is -0.462. The van der Waals surface area contributed by atoms with Crippen LogP contribution in [0.25, 0.3) is 17.2 Å². The van der Waals surface area contributed by atoms with Crippen LogP contribution in [0.4, 0.5) is 5.00 Å². The van der Waals surface area contributed by atoms with Gasteiger partial charge in [-0.15, -0.1) is 11.3 Å². The Balaban J connectivity index is 1.81. The van der Waals surface area contributed by atoms with E-state index in [1.807, 2.05) is 62.5 Å². The number of anilines is 1. The number of amides is 1. The Morgan fingerprint density at radius 3 is 2.46 bits per heavy atom. The largest absolute Gasteiger partial charge is 0.490 e. The van der Waals surface area contributed by atoms with Gasteiger partial charge in [-0.3, -0.25) is 4.79 Å². The van der Waals surface area contributed by atoms with Gasteiger partial charge in [0.05, 0.1) is 19.8 Å². The SMILES string of the molecule is CCCCOc1ccc(/C=C/C(=O)Nc2scc(-c3ccc(C)c(C)c3)c2C(=O)OCC)cc1OCC. The summed E-state index contributed by atoms with van der Waals surface area (Å²) in [6, 6.07) is 11.6. The van der Waals surface area contributed by atoms with Crippen molar-refractivity contribution in [2.24, 2.45) is 0 Å². The van der Waals surface area contributed by atoms with Crippen LogP contribution >= 0.6 is 11.3 Å². The van der Waals surface area contributed by atoms with Crippen LogP contribution in [0.1, 0.15) is 60.7 Å². The van der Waals surface area contributed by atoms with Gasteiger partial charge in [0.2, 0.25) is 5.91 Å². The summed E-state index contributed by atoms with van der Waals surface area (Å²) in [5.74, 6) is 0.520. The fraction of sp³-hybridized carbons (Fsp3) is 0.333. The van der Waals surface area contributed by atoms with E-state index in [1.165, 1.54) is 23.0 Å². The van der Waals surface area contributed by atoms with E-state index in [9.17, 15) is 9.59 Å². The molecule has 1 N–H and O–H groups in total. The molecule has 1 aromatic heterocycles. The first kappa shape index (κ1) is 28.0. The summed E-state index contributed by atoms with van der Waals surface area (Å²) >= 11 is 1.30. The Kier molecular flexibility index (Phi) is 10.3. The smallest absolute Gasteiger partial charge is 0.341 e. The second kappa shape index (κ2) is 13.7. The first-order chi connectivity index (χ1) is 17.9. The average molecular weight is 522 g/mol. The van der Waals surface area contributed by atoms with Crippen LogP contribution in [0.15, 0.2) is 47.9 Å². The normalized spacial score (nSPS) is 10.9. The van der Waals surface area contributed by atoms with Crippen LogP contribution in [0.3, 0.4) is 0 Å². The van der Waals surface area contributed by atoms with E-state index in [1.54, 1.807) is 13.0 Å². The predicted octanol–water partition coefficient (Wildman–Crippen LogP) is 7.44. The number of carbonyl (C=O) groups is 2. The van der Waals surface area contributed by atoms with Crippen molar-refractivity contribution in [3.8, 4) is 22.6 Å². The van der Waals surface area contributed by atoms with Gasteiger partial charge in [0.15, 0.2) is 11.5 Å². The van der Waals surface area contributed by atoms with E-state index in [4.69, 9.17) is 14.2 Å². The van der Waals surface area contributed by atoms with E-state index in [0.717, 1.165) is 35.1 Å². The average Bonchev–Trinajstić information content (AvgIpc) is 3.29. The van der Waals surface area contributed by atoms with Crippen molar-refractivity contribution in [2.45, 2.75) is 47.5 Å². The summed E-state index contributed by atoms with van der Waals surface area (Å²) in [6.07, 6.45) is 5.16. The molecule has 0 spiro atoms. The lowest BCUT2D eigenvalue weighted by atomic mass is 9.99. The molecule has 0 saturated heterocycles. The Morgan fingerprint density at radius 2 is 1.76 bits per heavy atom. The third-order valence-corrected chi connectivity index (χ3v) is 6.67. The van der Waals surface area contributed by atoms with Crippen LogP contribution < -0.4 is 14.8 Å². The molecule has 0 bridgehead atoms. The van der Waals surface area contributed by atoms with Gasteiger partial charge in [0.25, 0.3) is 0 Å². The molecule has 37 heavy (non-hydrogen) atoms. The number of thiophene rings is 1. The molecule has 0 saturated carbocycles. The van der Waals surface area contributed by atoms with Crippen LogP contribution in [0.5, 0.6) is 11.5 Å². The Morgan fingerprint density at radius 1 is 0.946 bits per heavy atom. The summed E-state index contributed by atoms with van der Waals surface area (Å²) in [5, 5.41) is 5.19. The topological polar surface area (TPSA) is 73.9 Å². The summed E-state index contributed by atoms with van der Waals surface area (Å²) in [5.41, 5.74) is 5.11. The van der Waals surface area contributed by atoms with Gasteiger partial charge in [-0.05, 0) is 74.6 Å². The summed E-state index contributed by atoms with van der Waals surface area (Å²) in [6.45, 7) is 11.2. The molecule has 3 rings (SSSR count). The molecule has 2 aromatic carbocycles. The van der Waals surface area contributed by atoms with Crippen LogP contribution in [-0.2, 0) is 9.53 Å². The summed E-state index contributed by atoms with van der Waals surface area (Å²) in [7, 11) is 0. The first-order valence-corrected chi connectivity index (χ1v) is 13.5. The molecule has 0 aliphatic rings. The molecule has 7 heteroatoms. The molecule has 0 radical (unpaired) electrons. The number of esters is 1. The monoisotopic (exact) mass is 521 g/mol. The van der Waals surface area contributed by atoms with E-state index in [-0.39, 0.29) is 12.5 Å². The number of ether oxygens (including phenoxy) is 3. The number of unbranched alkanes of at least 4 members (excludes halogenated alkanes) is 1. The predicted molar refractivity (Wildman–Crippen MR) is 151 cm³/mol. The lowest BCUT2D eigenvalue weighted by molar-refractivity contribution is -0.111. The molecule has 0 atom stereocenters. The van der Waals surface area contributed by atoms with Crippen molar-refractivity contribution in [3.63, 3.8) is 0 Å². The van der Waals surface area contributed by atoms with Crippen molar-refractivity contribution >= 4 is 34.3 Å². The van der Waals surface area contributed by atoms with Crippen LogP contribution in [-0.4, -0.2) is 31.7 Å². The number of aryl methyl sites for hydroxylation is 2. The summed E-state index contributed by atoms with van der Waals surface area (Å²) < 4.78 is 16.9. The lowest BCUT2D eigenvalue weighted by Gasteiger charge is -2.12. The standard InChI is InChI=1S/C30H35NO5S/c1-6-9-16-36-25-14-11-22(18-26(25)34-7-2)12-15-27(32)31-29-28(30(33)35-8-3)24(19-37-29)23-13-10-20(4)21(5)17-23/h10-15,17-19H,6-9,16H2,1-5H3,(H,31,32)/b15-12+. The van der Waals surface area contributed by atoms with Gasteiger partial charge in [-0.2, -0.15) is 0 Å². The van der Waals surface area contributed by atoms with Gasteiger partial charge in [0.1, 0.15) is 10.6 Å². The third kappa shape index (κ3) is 7.46. The number of hydrogen-bond donors (Lipinski definition) is 1. The minimum Gasteiger partial charge on any atom is -0.490 e. The quantitative estimate of drug-likeness (QED) is 0.152. The van der Waals surface area contributed by atoms with E-state index >= 15 is 0 Å². The number of hydrogen-bond acceptors (Lipinski definition) is 6. The maximum absolute atomic E-state index is 12.8. The number of rotatable bonds is 12. The number of benzene rings is 2. The highest BCUT2D eigenvalue weighted by atomic mass is 32.1. The van der Waals surface area contributed by atoms with Crippen LogP contribution in [0, 0.1) is 13.8 Å². The van der Waals surface area contributed by atoms with Crippen molar-refractivity contribution in [3.05, 3.63) is 70.1 Å². The highest BCUT2D eigenvalue weighted by molar-refractivity contribution is 7.15. The number of carbonyl (C=O) groups excluding carboxylic acids is 2. The van der Waals surface area contributed by atoms with Gasteiger partial charge < -0.3 is 19.5 Å². The Hall–Kier alpha value is -3.58. The number of nitrogens with one attached hydrogen (secondary N) is 1. The van der Waals surface area contributed by atoms with E-state index in [2.05, 4.69) is 12.2 Å². The molecular formula is C30H35NO5S. The fourth-order valence-corrected chi connectivity index (χ4v) is 4.61. The van der Waals surface area contributed by atoms with Gasteiger partial charge in [-0.25, -0.2) is 4.79 Å². The molecule has 0 aliphatic carbocycles. The second-order valence-electron chi connectivity index (χ2n) is 8.54. The maximum atomic E-state index is 12.8. The zero-order valence-electron chi connectivity index (χ0n) is 22.2. The van der Waals surface area contributed by atoms with Crippen molar-refractivity contribution in [2.75, 3.05) is 25.1 Å². The van der Waals surface area contributed by atoms with Gasteiger partial charge >= 0.3 is 5.97 Å². The fourth-order valence-electron chi connectivity index (χ4n) is 3.65. The molecule has 0 aliphatic heterocycles. The molecule has 1 heterocycles. The zero-order chi connectivity index (χ0) is 26.8. The maximum Gasteiger partial charge on any atom is 0.341 e. The molecule has 1 amide bonds. The lowest BCUT2D eigenvalue weighted by Crippen LogP contribution is -2.12. The summed E-state index contributed by atoms with van der Waals surface area (Å²) in [4.78, 5) is 25.7.